The Kier molecular flexibility index (Phi) is 7.26. The molecule has 0 aliphatic heterocycles. The zero-order chi connectivity index (χ0) is 24.0. The van der Waals surface area contributed by atoms with Gasteiger partial charge in [-0.3, -0.25) is 14.9 Å². The zero-order valence-corrected chi connectivity index (χ0v) is 17.5. The maximum atomic E-state index is 12.8. The number of pyridine rings is 1. The molecule has 0 aliphatic carbocycles. The van der Waals surface area contributed by atoms with E-state index in [0.717, 1.165) is 29.5 Å². The molecule has 0 spiro atoms. The first-order chi connectivity index (χ1) is 15.7. The van der Waals surface area contributed by atoms with Crippen LogP contribution in [0.1, 0.15) is 25.3 Å². The van der Waals surface area contributed by atoms with E-state index in [9.17, 15) is 27.9 Å². The molecule has 0 radical (unpaired) electrons. The van der Waals surface area contributed by atoms with Crippen molar-refractivity contribution in [3.63, 3.8) is 0 Å². The molecule has 2 N–H and O–H groups in total. The minimum absolute atomic E-state index is 0.0260. The molecule has 0 fully saturated rings. The molecule has 12 heteroatoms. The van der Waals surface area contributed by atoms with Crippen molar-refractivity contribution in [2.45, 2.75) is 32.7 Å². The number of anilines is 1. The highest BCUT2D eigenvalue weighted by Crippen LogP contribution is 2.25. The number of unbranched alkanes of at least 4 members (excludes halogenated alkanes) is 1. The van der Waals surface area contributed by atoms with Gasteiger partial charge in [0.2, 0.25) is 5.88 Å². The van der Waals surface area contributed by atoms with Gasteiger partial charge in [0.1, 0.15) is 5.75 Å². The number of hydrogen-bond donors (Lipinski definition) is 2. The highest BCUT2D eigenvalue weighted by Gasteiger charge is 2.31. The second kappa shape index (κ2) is 10.1. The van der Waals surface area contributed by atoms with Crippen molar-refractivity contribution in [3.05, 3.63) is 65.0 Å². The number of carbonyl (C=O) groups is 1. The minimum Gasteiger partial charge on any atom is -0.493 e. The third kappa shape index (κ3) is 6.28. The van der Waals surface area contributed by atoms with Crippen LogP contribution in [0.3, 0.4) is 0 Å². The van der Waals surface area contributed by atoms with Gasteiger partial charge in [-0.25, -0.2) is 14.2 Å². The van der Waals surface area contributed by atoms with E-state index >= 15 is 0 Å². The first kappa shape index (κ1) is 23.7. The zero-order valence-electron chi connectivity index (χ0n) is 17.5. The topological polar surface area (TPSA) is 108 Å². The monoisotopic (exact) mass is 466 g/mol. The van der Waals surface area contributed by atoms with Crippen LogP contribution in [0.25, 0.3) is 5.69 Å². The van der Waals surface area contributed by atoms with Gasteiger partial charge in [0, 0.05) is 6.20 Å². The van der Waals surface area contributed by atoms with Crippen molar-refractivity contribution in [2.75, 3.05) is 11.9 Å². The number of amides is 1. The molecule has 1 aromatic carbocycles. The molecular weight excluding hydrogens is 445 g/mol. The predicted molar refractivity (Wildman–Crippen MR) is 112 cm³/mol. The second-order valence-electron chi connectivity index (χ2n) is 6.92. The Morgan fingerprint density at radius 2 is 1.94 bits per heavy atom. The summed E-state index contributed by atoms with van der Waals surface area (Å²) in [5.41, 5.74) is 0.334. The lowest BCUT2D eigenvalue weighted by Crippen LogP contribution is -2.24. The van der Waals surface area contributed by atoms with Crippen LogP contribution in [0.15, 0.2) is 53.7 Å². The summed E-state index contributed by atoms with van der Waals surface area (Å²) in [5.74, 6) is -0.886. The molecule has 2 aromatic heterocycles. The van der Waals surface area contributed by atoms with E-state index in [4.69, 9.17) is 4.74 Å². The SMILES string of the molecule is CCCCOC(=O)Nc1cnccc1Cn1cc(O)n(-c2ccc(OC(F)(F)F)cc2)c1=O. The number of nitrogens with one attached hydrogen (secondary N) is 1. The van der Waals surface area contributed by atoms with Gasteiger partial charge in [-0.2, -0.15) is 0 Å². The van der Waals surface area contributed by atoms with Crippen molar-refractivity contribution < 1.29 is 32.5 Å². The number of halogens is 3. The lowest BCUT2D eigenvalue weighted by molar-refractivity contribution is -0.274. The summed E-state index contributed by atoms with van der Waals surface area (Å²) in [6, 6.07) is 6.06. The van der Waals surface area contributed by atoms with Crippen LogP contribution in [0.2, 0.25) is 0 Å². The predicted octanol–water partition coefficient (Wildman–Crippen LogP) is 4.04. The van der Waals surface area contributed by atoms with E-state index in [0.29, 0.717) is 11.3 Å². The first-order valence-electron chi connectivity index (χ1n) is 9.92. The Balaban J connectivity index is 1.80. The van der Waals surface area contributed by atoms with E-state index in [-0.39, 0.29) is 18.8 Å². The van der Waals surface area contributed by atoms with Crippen molar-refractivity contribution >= 4 is 11.8 Å². The summed E-state index contributed by atoms with van der Waals surface area (Å²) in [6.07, 6.45) is 0.133. The van der Waals surface area contributed by atoms with Gasteiger partial charge in [-0.1, -0.05) is 13.3 Å². The van der Waals surface area contributed by atoms with E-state index in [1.54, 1.807) is 6.07 Å². The maximum absolute atomic E-state index is 12.8. The number of aromatic hydroxyl groups is 1. The smallest absolute Gasteiger partial charge is 0.493 e. The standard InChI is InChI=1S/C21H21F3N4O5/c1-2-3-10-32-19(30)26-17-11-25-9-8-14(17)12-27-13-18(29)28(20(27)31)15-4-6-16(7-5-15)33-21(22,23)24/h4-9,11,13,29H,2-3,10,12H2,1H3,(H,26,30). The molecule has 9 nitrogen and oxygen atoms in total. The molecule has 0 atom stereocenters. The molecule has 0 saturated carbocycles. The maximum Gasteiger partial charge on any atom is 0.573 e. The van der Waals surface area contributed by atoms with Crippen LogP contribution in [0, 0.1) is 0 Å². The third-order valence-electron chi connectivity index (χ3n) is 4.49. The Labute approximate surface area is 186 Å². The molecular formula is C21H21F3N4O5. The summed E-state index contributed by atoms with van der Waals surface area (Å²) in [5, 5.41) is 12.8. The fourth-order valence-corrected chi connectivity index (χ4v) is 2.94. The van der Waals surface area contributed by atoms with Crippen LogP contribution >= 0.6 is 0 Å². The largest absolute Gasteiger partial charge is 0.573 e. The van der Waals surface area contributed by atoms with Gasteiger partial charge in [0.25, 0.3) is 0 Å². The molecule has 3 aromatic rings. The number of nitrogens with zero attached hydrogens (tertiary/aromatic N) is 3. The number of alkyl halides is 3. The van der Waals surface area contributed by atoms with Gasteiger partial charge >= 0.3 is 18.1 Å². The Hall–Kier alpha value is -3.96. The van der Waals surface area contributed by atoms with Crippen molar-refractivity contribution in [1.82, 2.24) is 14.1 Å². The van der Waals surface area contributed by atoms with Crippen molar-refractivity contribution in [2.24, 2.45) is 0 Å². The average molecular weight is 466 g/mol. The fraction of sp³-hybridized carbons (Fsp3) is 0.286. The van der Waals surface area contributed by atoms with Crippen molar-refractivity contribution in [1.29, 1.82) is 0 Å². The number of aromatic nitrogens is 3. The van der Waals surface area contributed by atoms with Gasteiger partial charge in [0.05, 0.1) is 36.9 Å². The average Bonchev–Trinajstić information content (AvgIpc) is 3.02. The first-order valence-corrected chi connectivity index (χ1v) is 9.92. The highest BCUT2D eigenvalue weighted by atomic mass is 19.4. The van der Waals surface area contributed by atoms with Gasteiger partial charge < -0.3 is 14.6 Å². The van der Waals surface area contributed by atoms with Gasteiger partial charge in [-0.15, -0.1) is 13.2 Å². The summed E-state index contributed by atoms with van der Waals surface area (Å²) >= 11 is 0. The Morgan fingerprint density at radius 3 is 2.61 bits per heavy atom. The number of benzene rings is 1. The van der Waals surface area contributed by atoms with Gasteiger partial charge in [-0.05, 0) is 42.3 Å². The molecule has 0 saturated heterocycles. The lowest BCUT2D eigenvalue weighted by Gasteiger charge is -2.11. The Bertz CT molecular complexity index is 1160. The molecule has 176 valence electrons. The lowest BCUT2D eigenvalue weighted by atomic mass is 10.2. The van der Waals surface area contributed by atoms with Crippen LogP contribution in [-0.2, 0) is 11.3 Å². The summed E-state index contributed by atoms with van der Waals surface area (Å²) in [6.45, 7) is 2.20. The highest BCUT2D eigenvalue weighted by molar-refractivity contribution is 5.85. The Morgan fingerprint density at radius 1 is 1.21 bits per heavy atom. The van der Waals surface area contributed by atoms with Crippen LogP contribution in [0.5, 0.6) is 11.6 Å². The molecule has 33 heavy (non-hydrogen) atoms. The van der Waals surface area contributed by atoms with E-state index in [2.05, 4.69) is 15.0 Å². The van der Waals surface area contributed by atoms with E-state index < -0.39 is 29.8 Å². The number of carbonyl (C=O) groups excluding carboxylic acids is 1. The summed E-state index contributed by atoms with van der Waals surface area (Å²) < 4.78 is 48.0. The van der Waals surface area contributed by atoms with Crippen molar-refractivity contribution in [3.8, 4) is 17.3 Å². The van der Waals surface area contributed by atoms with Gasteiger partial charge in [0.15, 0.2) is 0 Å². The van der Waals surface area contributed by atoms with E-state index in [1.807, 2.05) is 6.92 Å². The molecule has 0 aliphatic rings. The number of rotatable bonds is 8. The summed E-state index contributed by atoms with van der Waals surface area (Å²) in [7, 11) is 0. The number of imidazole rings is 1. The van der Waals surface area contributed by atoms with Crippen LogP contribution in [0.4, 0.5) is 23.7 Å². The van der Waals surface area contributed by atoms with E-state index in [1.165, 1.54) is 35.3 Å². The molecule has 0 bridgehead atoms. The fourth-order valence-electron chi connectivity index (χ4n) is 2.94. The second-order valence-corrected chi connectivity index (χ2v) is 6.92. The molecule has 0 unspecified atom stereocenters. The quantitative estimate of drug-likeness (QED) is 0.486. The normalized spacial score (nSPS) is 11.3. The third-order valence-corrected chi connectivity index (χ3v) is 4.49. The number of hydrogen-bond acceptors (Lipinski definition) is 6. The summed E-state index contributed by atoms with van der Waals surface area (Å²) in [4.78, 5) is 28.8. The molecule has 2 heterocycles. The minimum atomic E-state index is -4.84. The molecule has 1 amide bonds. The molecule has 3 rings (SSSR count). The van der Waals surface area contributed by atoms with Crippen LogP contribution < -0.4 is 15.7 Å². The van der Waals surface area contributed by atoms with Crippen LogP contribution in [-0.4, -0.2) is 38.3 Å². The number of ether oxygens (including phenoxy) is 2.